The van der Waals surface area contributed by atoms with Gasteiger partial charge in [-0.2, -0.15) is 10.2 Å². The molecule has 0 saturated heterocycles. The minimum absolute atomic E-state index is 0.124. The molecule has 0 saturated carbocycles. The first-order valence-corrected chi connectivity index (χ1v) is 9.80. The largest absolute Gasteiger partial charge is 0.273 e. The van der Waals surface area contributed by atoms with Crippen molar-refractivity contribution in [3.8, 4) is 0 Å². The van der Waals surface area contributed by atoms with Crippen LogP contribution in [0.2, 0.25) is 0 Å². The fourth-order valence-electron chi connectivity index (χ4n) is 2.72. The van der Waals surface area contributed by atoms with Crippen molar-refractivity contribution in [1.82, 2.24) is 10.9 Å². The molecule has 0 aliphatic carbocycles. The number of nitrogens with zero attached hydrogens (tertiary/aromatic N) is 2. The molecule has 2 rings (SSSR count). The Hall–Kier alpha value is -3.28. The minimum Gasteiger partial charge on any atom is -0.273 e. The van der Waals surface area contributed by atoms with Crippen LogP contribution in [0.15, 0.2) is 58.7 Å². The SMILES string of the molecule is Cc1cccc(/C=N/NC(=O)CCCCCC(=O)N/N=C/c2cccc(C)c2)c1. The summed E-state index contributed by atoms with van der Waals surface area (Å²) in [5, 5.41) is 7.94. The predicted molar refractivity (Wildman–Crippen MR) is 117 cm³/mol. The van der Waals surface area contributed by atoms with Gasteiger partial charge in [-0.05, 0) is 37.8 Å². The Balaban J connectivity index is 1.54. The average molecular weight is 393 g/mol. The van der Waals surface area contributed by atoms with Crippen LogP contribution < -0.4 is 10.9 Å². The summed E-state index contributed by atoms with van der Waals surface area (Å²) in [6.07, 6.45) is 6.26. The Labute approximate surface area is 172 Å². The quantitative estimate of drug-likeness (QED) is 0.366. The fraction of sp³-hybridized carbons (Fsp3) is 0.304. The first kappa shape index (κ1) is 22.0. The highest BCUT2D eigenvalue weighted by Crippen LogP contribution is 2.04. The molecule has 2 aromatic carbocycles. The zero-order valence-electron chi connectivity index (χ0n) is 17.0. The van der Waals surface area contributed by atoms with Gasteiger partial charge in [0, 0.05) is 12.8 Å². The summed E-state index contributed by atoms with van der Waals surface area (Å²) in [5.74, 6) is -0.248. The van der Waals surface area contributed by atoms with E-state index < -0.39 is 0 Å². The van der Waals surface area contributed by atoms with Crippen LogP contribution in [0.25, 0.3) is 0 Å². The number of benzene rings is 2. The Morgan fingerprint density at radius 3 is 1.62 bits per heavy atom. The molecule has 0 aliphatic rings. The van der Waals surface area contributed by atoms with E-state index in [9.17, 15) is 9.59 Å². The molecule has 0 bridgehead atoms. The van der Waals surface area contributed by atoms with Crippen LogP contribution >= 0.6 is 0 Å². The monoisotopic (exact) mass is 392 g/mol. The number of rotatable bonds is 10. The molecule has 0 aromatic heterocycles. The Bertz CT molecular complexity index is 803. The summed E-state index contributed by atoms with van der Waals surface area (Å²) in [7, 11) is 0. The van der Waals surface area contributed by atoms with E-state index in [-0.39, 0.29) is 11.8 Å². The van der Waals surface area contributed by atoms with Gasteiger partial charge in [0.15, 0.2) is 0 Å². The van der Waals surface area contributed by atoms with Crippen LogP contribution in [-0.2, 0) is 9.59 Å². The van der Waals surface area contributed by atoms with Gasteiger partial charge in [0.2, 0.25) is 11.8 Å². The van der Waals surface area contributed by atoms with E-state index in [4.69, 9.17) is 0 Å². The van der Waals surface area contributed by atoms with Crippen molar-refractivity contribution in [2.24, 2.45) is 10.2 Å². The summed E-state index contributed by atoms with van der Waals surface area (Å²) in [6.45, 7) is 4.01. The van der Waals surface area contributed by atoms with Crippen molar-refractivity contribution in [3.05, 3.63) is 70.8 Å². The van der Waals surface area contributed by atoms with E-state index >= 15 is 0 Å². The van der Waals surface area contributed by atoms with E-state index in [1.165, 1.54) is 0 Å². The number of carbonyl (C=O) groups is 2. The number of carbonyl (C=O) groups excluding carboxylic acids is 2. The van der Waals surface area contributed by atoms with Gasteiger partial charge < -0.3 is 0 Å². The first-order chi connectivity index (χ1) is 14.0. The Morgan fingerprint density at radius 1 is 0.759 bits per heavy atom. The molecule has 0 aliphatic heterocycles. The smallest absolute Gasteiger partial charge is 0.240 e. The van der Waals surface area contributed by atoms with E-state index in [2.05, 4.69) is 21.1 Å². The number of unbranched alkanes of at least 4 members (excludes halogenated alkanes) is 2. The molecular weight excluding hydrogens is 364 g/mol. The maximum atomic E-state index is 11.8. The molecule has 0 atom stereocenters. The summed E-state index contributed by atoms with van der Waals surface area (Å²) in [4.78, 5) is 23.5. The highest BCUT2D eigenvalue weighted by molar-refractivity contribution is 5.83. The van der Waals surface area contributed by atoms with Crippen molar-refractivity contribution in [2.45, 2.75) is 46.0 Å². The third-order valence-corrected chi connectivity index (χ3v) is 4.20. The van der Waals surface area contributed by atoms with Gasteiger partial charge in [0.1, 0.15) is 0 Å². The standard InChI is InChI=1S/C23H28N4O2/c1-18-8-6-10-20(14-18)16-24-26-22(28)12-4-3-5-13-23(29)27-25-17-21-11-7-9-19(2)15-21/h6-11,14-17H,3-5,12-13H2,1-2H3,(H,26,28)(H,27,29)/b24-16+,25-17+. The predicted octanol–water partition coefficient (Wildman–Crippen LogP) is 3.85. The summed E-state index contributed by atoms with van der Waals surface area (Å²) < 4.78 is 0. The minimum atomic E-state index is -0.124. The number of hydrogen-bond donors (Lipinski definition) is 2. The number of nitrogens with one attached hydrogen (secondary N) is 2. The summed E-state index contributed by atoms with van der Waals surface area (Å²) in [5.41, 5.74) is 9.24. The van der Waals surface area contributed by atoms with Crippen molar-refractivity contribution < 1.29 is 9.59 Å². The van der Waals surface area contributed by atoms with Crippen molar-refractivity contribution in [2.75, 3.05) is 0 Å². The Kier molecular flexibility index (Phi) is 9.29. The van der Waals surface area contributed by atoms with E-state index in [1.807, 2.05) is 62.4 Å². The molecule has 152 valence electrons. The molecule has 0 spiro atoms. The van der Waals surface area contributed by atoms with Crippen LogP contribution in [0.5, 0.6) is 0 Å². The molecule has 2 amide bonds. The maximum Gasteiger partial charge on any atom is 0.240 e. The van der Waals surface area contributed by atoms with Crippen LogP contribution in [0.3, 0.4) is 0 Å². The summed E-state index contributed by atoms with van der Waals surface area (Å²) in [6, 6.07) is 15.7. The highest BCUT2D eigenvalue weighted by atomic mass is 16.2. The van der Waals surface area contributed by atoms with Gasteiger partial charge in [-0.25, -0.2) is 10.9 Å². The molecule has 0 unspecified atom stereocenters. The van der Waals surface area contributed by atoms with Crippen molar-refractivity contribution >= 4 is 24.2 Å². The normalized spacial score (nSPS) is 11.1. The molecule has 2 aromatic rings. The van der Waals surface area contributed by atoms with Gasteiger partial charge in [0.25, 0.3) is 0 Å². The number of aryl methyl sites for hydroxylation is 2. The second-order valence-corrected chi connectivity index (χ2v) is 6.98. The number of hydrazone groups is 2. The van der Waals surface area contributed by atoms with Crippen molar-refractivity contribution in [3.63, 3.8) is 0 Å². The Morgan fingerprint density at radius 2 is 1.21 bits per heavy atom. The molecule has 0 radical (unpaired) electrons. The summed E-state index contributed by atoms with van der Waals surface area (Å²) >= 11 is 0. The second kappa shape index (κ2) is 12.2. The molecule has 0 fully saturated rings. The van der Waals surface area contributed by atoms with Gasteiger partial charge in [-0.3, -0.25) is 9.59 Å². The van der Waals surface area contributed by atoms with Crippen LogP contribution in [0.1, 0.15) is 54.4 Å². The average Bonchev–Trinajstić information content (AvgIpc) is 2.68. The van der Waals surface area contributed by atoms with Gasteiger partial charge in [0.05, 0.1) is 12.4 Å². The van der Waals surface area contributed by atoms with Crippen LogP contribution in [0, 0.1) is 13.8 Å². The number of hydrogen-bond acceptors (Lipinski definition) is 4. The lowest BCUT2D eigenvalue weighted by Crippen LogP contribution is -2.18. The van der Waals surface area contributed by atoms with Gasteiger partial charge >= 0.3 is 0 Å². The third kappa shape index (κ3) is 9.46. The van der Waals surface area contributed by atoms with Gasteiger partial charge in [-0.15, -0.1) is 0 Å². The van der Waals surface area contributed by atoms with E-state index in [1.54, 1.807) is 12.4 Å². The zero-order chi connectivity index (χ0) is 20.9. The maximum absolute atomic E-state index is 11.8. The van der Waals surface area contributed by atoms with Crippen LogP contribution in [-0.4, -0.2) is 24.2 Å². The van der Waals surface area contributed by atoms with Crippen molar-refractivity contribution in [1.29, 1.82) is 0 Å². The molecule has 6 nitrogen and oxygen atoms in total. The lowest BCUT2D eigenvalue weighted by Gasteiger charge is -2.02. The second-order valence-electron chi connectivity index (χ2n) is 6.98. The lowest BCUT2D eigenvalue weighted by molar-refractivity contribution is -0.121. The van der Waals surface area contributed by atoms with E-state index in [0.29, 0.717) is 25.7 Å². The molecule has 6 heteroatoms. The third-order valence-electron chi connectivity index (χ3n) is 4.20. The fourth-order valence-corrected chi connectivity index (χ4v) is 2.72. The first-order valence-electron chi connectivity index (χ1n) is 9.80. The molecule has 2 N–H and O–H groups in total. The van der Waals surface area contributed by atoms with E-state index in [0.717, 1.165) is 28.7 Å². The highest BCUT2D eigenvalue weighted by Gasteiger charge is 2.02. The number of amides is 2. The molecular formula is C23H28N4O2. The van der Waals surface area contributed by atoms with Crippen LogP contribution in [0.4, 0.5) is 0 Å². The lowest BCUT2D eigenvalue weighted by atomic mass is 10.1. The topological polar surface area (TPSA) is 82.9 Å². The van der Waals surface area contributed by atoms with Gasteiger partial charge in [-0.1, -0.05) is 66.1 Å². The molecule has 0 heterocycles. The zero-order valence-corrected chi connectivity index (χ0v) is 17.0. The molecule has 29 heavy (non-hydrogen) atoms.